The van der Waals surface area contributed by atoms with E-state index in [4.69, 9.17) is 0 Å². The molecule has 1 saturated heterocycles. The van der Waals surface area contributed by atoms with Crippen LogP contribution in [0.3, 0.4) is 0 Å². The fraction of sp³-hybridized carbons (Fsp3) is 0.579. The third kappa shape index (κ3) is 3.94. The summed E-state index contributed by atoms with van der Waals surface area (Å²) < 4.78 is 14.8. The number of nitrogens with zero attached hydrogens (tertiary/aromatic N) is 3. The largest absolute Gasteiger partial charge is 0.347 e. The maximum absolute atomic E-state index is 13.9. The quantitative estimate of drug-likeness (QED) is 0.768. The highest BCUT2D eigenvalue weighted by molar-refractivity contribution is 7.22. The lowest BCUT2D eigenvalue weighted by Crippen LogP contribution is -2.45. The highest BCUT2D eigenvalue weighted by atomic mass is 32.1. The Hall–Kier alpha value is -1.69. The number of carbonyl (C=O) groups excluding carboxylic acids is 1. The molecule has 0 bridgehead atoms. The van der Waals surface area contributed by atoms with Crippen LogP contribution in [0.2, 0.25) is 0 Å². The van der Waals surface area contributed by atoms with Gasteiger partial charge in [-0.3, -0.25) is 4.79 Å². The number of thiazole rings is 1. The molecule has 25 heavy (non-hydrogen) atoms. The summed E-state index contributed by atoms with van der Waals surface area (Å²) in [7, 11) is 0. The molecule has 1 atom stereocenters. The van der Waals surface area contributed by atoms with Gasteiger partial charge in [0.15, 0.2) is 5.13 Å². The molecule has 0 saturated carbocycles. The summed E-state index contributed by atoms with van der Waals surface area (Å²) >= 11 is 1.51. The number of amides is 1. The van der Waals surface area contributed by atoms with Crippen molar-refractivity contribution in [3.8, 4) is 0 Å². The van der Waals surface area contributed by atoms with E-state index < -0.39 is 0 Å². The Morgan fingerprint density at radius 2 is 2.12 bits per heavy atom. The van der Waals surface area contributed by atoms with Crippen LogP contribution in [0, 0.1) is 11.7 Å². The lowest BCUT2D eigenvalue weighted by molar-refractivity contribution is -0.135. The Kier molecular flexibility index (Phi) is 5.89. The van der Waals surface area contributed by atoms with E-state index in [1.54, 1.807) is 6.07 Å². The first-order valence-corrected chi connectivity index (χ1v) is 10.0. The molecule has 2 heterocycles. The van der Waals surface area contributed by atoms with Crippen molar-refractivity contribution >= 4 is 32.6 Å². The number of rotatable bonds is 6. The van der Waals surface area contributed by atoms with Gasteiger partial charge in [0, 0.05) is 26.2 Å². The number of carbonyl (C=O) groups is 1. The first kappa shape index (κ1) is 18.1. The Morgan fingerprint density at radius 1 is 1.36 bits per heavy atom. The zero-order valence-electron chi connectivity index (χ0n) is 15.0. The van der Waals surface area contributed by atoms with Crippen LogP contribution in [0.25, 0.3) is 10.2 Å². The van der Waals surface area contributed by atoms with Crippen LogP contribution < -0.4 is 4.90 Å². The fourth-order valence-corrected chi connectivity index (χ4v) is 4.54. The summed E-state index contributed by atoms with van der Waals surface area (Å²) in [6.07, 6.45) is 3.87. The molecule has 1 aromatic heterocycles. The Bertz CT molecular complexity index is 727. The van der Waals surface area contributed by atoms with Gasteiger partial charge in [-0.1, -0.05) is 31.3 Å². The number of anilines is 1. The van der Waals surface area contributed by atoms with Gasteiger partial charge in [0.1, 0.15) is 11.3 Å². The SMILES string of the molecule is CCCN(CCC)C(=O)C1CCCN(c2nc3c(F)cccc3s2)C1. The van der Waals surface area contributed by atoms with Gasteiger partial charge < -0.3 is 9.80 Å². The number of piperidine rings is 1. The van der Waals surface area contributed by atoms with Crippen LogP contribution in [0.15, 0.2) is 18.2 Å². The number of halogens is 1. The average Bonchev–Trinajstić information content (AvgIpc) is 3.07. The molecular formula is C19H26FN3OS. The van der Waals surface area contributed by atoms with E-state index in [0.29, 0.717) is 12.1 Å². The minimum atomic E-state index is -0.276. The zero-order chi connectivity index (χ0) is 17.8. The van der Waals surface area contributed by atoms with Gasteiger partial charge in [0.25, 0.3) is 0 Å². The number of aromatic nitrogens is 1. The van der Waals surface area contributed by atoms with Gasteiger partial charge >= 0.3 is 0 Å². The topological polar surface area (TPSA) is 36.4 Å². The highest BCUT2D eigenvalue weighted by Crippen LogP contribution is 2.33. The molecule has 1 aliphatic rings. The van der Waals surface area contributed by atoms with Crippen LogP contribution >= 0.6 is 11.3 Å². The summed E-state index contributed by atoms with van der Waals surface area (Å²) in [4.78, 5) is 21.6. The van der Waals surface area contributed by atoms with E-state index in [9.17, 15) is 9.18 Å². The standard InChI is InChI=1S/C19H26FN3OS/c1-3-10-22(11-4-2)18(24)14-7-6-12-23(13-14)19-21-17-15(20)8-5-9-16(17)25-19/h5,8-9,14H,3-4,6-7,10-13H2,1-2H3. The van der Waals surface area contributed by atoms with Crippen molar-refractivity contribution < 1.29 is 9.18 Å². The van der Waals surface area contributed by atoms with E-state index in [1.807, 2.05) is 11.0 Å². The maximum atomic E-state index is 13.9. The molecule has 0 aliphatic carbocycles. The van der Waals surface area contributed by atoms with Crippen molar-refractivity contribution in [3.05, 3.63) is 24.0 Å². The van der Waals surface area contributed by atoms with E-state index in [2.05, 4.69) is 23.7 Å². The number of para-hydroxylation sites is 1. The minimum Gasteiger partial charge on any atom is -0.347 e. The normalized spacial score (nSPS) is 17.9. The smallest absolute Gasteiger partial charge is 0.227 e. The predicted octanol–water partition coefficient (Wildman–Crippen LogP) is 4.30. The Balaban J connectivity index is 1.75. The van der Waals surface area contributed by atoms with Gasteiger partial charge in [-0.2, -0.15) is 0 Å². The second kappa shape index (κ2) is 8.13. The second-order valence-electron chi connectivity index (χ2n) is 6.69. The molecule has 136 valence electrons. The van der Waals surface area contributed by atoms with E-state index in [-0.39, 0.29) is 17.6 Å². The van der Waals surface area contributed by atoms with Crippen LogP contribution in [0.5, 0.6) is 0 Å². The summed E-state index contributed by atoms with van der Waals surface area (Å²) in [5.41, 5.74) is 0.439. The van der Waals surface area contributed by atoms with Crippen molar-refractivity contribution in [1.29, 1.82) is 0 Å². The first-order chi connectivity index (χ1) is 12.1. The second-order valence-corrected chi connectivity index (χ2v) is 7.70. The van der Waals surface area contributed by atoms with E-state index in [0.717, 1.165) is 55.1 Å². The van der Waals surface area contributed by atoms with Crippen molar-refractivity contribution in [2.45, 2.75) is 39.5 Å². The van der Waals surface area contributed by atoms with Crippen LogP contribution in [-0.2, 0) is 4.79 Å². The van der Waals surface area contributed by atoms with Crippen molar-refractivity contribution in [2.75, 3.05) is 31.1 Å². The van der Waals surface area contributed by atoms with Gasteiger partial charge in [0.05, 0.1) is 10.6 Å². The Morgan fingerprint density at radius 3 is 2.80 bits per heavy atom. The molecule has 1 amide bonds. The molecule has 2 aromatic rings. The molecule has 1 aliphatic heterocycles. The van der Waals surface area contributed by atoms with Crippen molar-refractivity contribution in [3.63, 3.8) is 0 Å². The molecule has 0 radical (unpaired) electrons. The molecule has 1 aromatic carbocycles. The van der Waals surface area contributed by atoms with E-state index >= 15 is 0 Å². The van der Waals surface area contributed by atoms with Crippen molar-refractivity contribution in [2.24, 2.45) is 5.92 Å². The summed E-state index contributed by atoms with van der Waals surface area (Å²) in [5, 5.41) is 0.829. The van der Waals surface area contributed by atoms with Crippen molar-refractivity contribution in [1.82, 2.24) is 9.88 Å². The highest BCUT2D eigenvalue weighted by Gasteiger charge is 2.30. The molecule has 4 nitrogen and oxygen atoms in total. The van der Waals surface area contributed by atoms with Gasteiger partial charge in [-0.25, -0.2) is 9.37 Å². The zero-order valence-corrected chi connectivity index (χ0v) is 15.8. The molecule has 6 heteroatoms. The third-order valence-corrected chi connectivity index (χ3v) is 5.78. The molecule has 1 unspecified atom stereocenters. The van der Waals surface area contributed by atoms with Gasteiger partial charge in [-0.05, 0) is 37.8 Å². The van der Waals surface area contributed by atoms with Gasteiger partial charge in [0.2, 0.25) is 5.91 Å². The predicted molar refractivity (Wildman–Crippen MR) is 102 cm³/mol. The molecule has 0 N–H and O–H groups in total. The molecule has 3 rings (SSSR count). The maximum Gasteiger partial charge on any atom is 0.227 e. The van der Waals surface area contributed by atoms with Gasteiger partial charge in [-0.15, -0.1) is 0 Å². The Labute approximate surface area is 152 Å². The number of benzene rings is 1. The lowest BCUT2D eigenvalue weighted by atomic mass is 9.96. The lowest BCUT2D eigenvalue weighted by Gasteiger charge is -2.34. The monoisotopic (exact) mass is 363 g/mol. The third-order valence-electron chi connectivity index (χ3n) is 4.70. The van der Waals surface area contributed by atoms with Crippen LogP contribution in [-0.4, -0.2) is 42.0 Å². The minimum absolute atomic E-state index is 0.0173. The summed E-state index contributed by atoms with van der Waals surface area (Å²) in [6, 6.07) is 5.06. The molecule has 0 spiro atoms. The molecule has 1 fully saturated rings. The fourth-order valence-electron chi connectivity index (χ4n) is 3.52. The number of hydrogen-bond donors (Lipinski definition) is 0. The average molecular weight is 364 g/mol. The first-order valence-electron chi connectivity index (χ1n) is 9.22. The summed E-state index contributed by atoms with van der Waals surface area (Å²) in [5.74, 6) is 0.00565. The van der Waals surface area contributed by atoms with E-state index in [1.165, 1.54) is 17.4 Å². The van der Waals surface area contributed by atoms with Crippen LogP contribution in [0.4, 0.5) is 9.52 Å². The molecular weight excluding hydrogens is 337 g/mol. The van der Waals surface area contributed by atoms with Crippen LogP contribution in [0.1, 0.15) is 39.5 Å². The number of hydrogen-bond acceptors (Lipinski definition) is 4. The summed E-state index contributed by atoms with van der Waals surface area (Å²) in [6.45, 7) is 7.44. The number of fused-ring (bicyclic) bond motifs is 1.